The van der Waals surface area contributed by atoms with Crippen LogP contribution in [0.1, 0.15) is 399 Å². The summed E-state index contributed by atoms with van der Waals surface area (Å²) < 4.78 is 34.5. The molecule has 0 aromatic carbocycles. The van der Waals surface area contributed by atoms with Crippen LogP contribution in [0.25, 0.3) is 0 Å². The molecule has 17 atom stereocenters. The van der Waals surface area contributed by atoms with E-state index in [1.807, 2.05) is 6.08 Å². The summed E-state index contributed by atoms with van der Waals surface area (Å²) in [5, 5.41) is 121. The predicted octanol–water partition coefficient (Wildman–Crippen LogP) is 17.4. The fourth-order valence-electron chi connectivity index (χ4n) is 15.6. The van der Waals surface area contributed by atoms with E-state index in [0.717, 1.165) is 51.4 Å². The standard InChI is InChI=1S/C90H169NO18/c1-3-5-7-9-11-13-15-17-19-21-23-25-27-28-29-30-31-32-33-34-35-36-37-38-39-40-41-42-43-44-46-48-50-52-54-56-58-60-62-64-66-68-78(96)91-73(74(95)67-65-63-61-59-57-55-53-51-49-47-45-26-24-22-20-18-16-14-12-10-8-6-4-2)72-104-88-84(102)81(99)86(76(70-93)106-88)109-90-85(103)82(100)87(77(71-94)107-90)108-89-83(101)80(98)79(97)75(69-92)105-89/h15,17,21,23,65,67,73-77,79-90,92-95,97-103H,3-14,16,18-20,22,24-64,66,68-72H2,1-2H3,(H,91,96)/b17-15-,23-21-,67-65+. The zero-order chi connectivity index (χ0) is 78.8. The molecule has 19 nitrogen and oxygen atoms in total. The van der Waals surface area contributed by atoms with Gasteiger partial charge in [-0.3, -0.25) is 4.79 Å². The molecule has 642 valence electrons. The number of aliphatic hydroxyl groups excluding tert-OH is 11. The molecule has 19 heteroatoms. The van der Waals surface area contributed by atoms with Crippen LogP contribution in [0.2, 0.25) is 0 Å². The number of nitrogens with one attached hydrogen (secondary N) is 1. The van der Waals surface area contributed by atoms with Crippen molar-refractivity contribution in [1.82, 2.24) is 5.32 Å². The number of ether oxygens (including phenoxy) is 6. The Labute approximate surface area is 663 Å². The van der Waals surface area contributed by atoms with Crippen LogP contribution >= 0.6 is 0 Å². The summed E-state index contributed by atoms with van der Waals surface area (Å²) in [5.41, 5.74) is 0. The van der Waals surface area contributed by atoms with Crippen molar-refractivity contribution in [1.29, 1.82) is 0 Å². The first kappa shape index (κ1) is 101. The van der Waals surface area contributed by atoms with Gasteiger partial charge in [-0.05, 0) is 51.4 Å². The second kappa shape index (κ2) is 70.2. The molecule has 3 heterocycles. The van der Waals surface area contributed by atoms with E-state index in [0.29, 0.717) is 6.42 Å². The summed E-state index contributed by atoms with van der Waals surface area (Å²) in [6.45, 7) is 1.79. The molecule has 12 N–H and O–H groups in total. The van der Waals surface area contributed by atoms with E-state index in [1.165, 1.54) is 321 Å². The van der Waals surface area contributed by atoms with Crippen molar-refractivity contribution in [2.24, 2.45) is 0 Å². The van der Waals surface area contributed by atoms with E-state index in [4.69, 9.17) is 28.4 Å². The monoisotopic (exact) mass is 1550 g/mol. The van der Waals surface area contributed by atoms with Crippen LogP contribution in [0.15, 0.2) is 36.5 Å². The molecule has 17 unspecified atom stereocenters. The fourth-order valence-corrected chi connectivity index (χ4v) is 15.6. The van der Waals surface area contributed by atoms with Gasteiger partial charge in [-0.2, -0.15) is 0 Å². The van der Waals surface area contributed by atoms with Crippen molar-refractivity contribution in [3.8, 4) is 0 Å². The van der Waals surface area contributed by atoms with Gasteiger partial charge in [-0.25, -0.2) is 0 Å². The first-order valence-corrected chi connectivity index (χ1v) is 45.7. The Bertz CT molecular complexity index is 2100. The molecule has 1 amide bonds. The maximum atomic E-state index is 13.5. The SMILES string of the molecule is CCCCCCC/C=C\C/C=C\CCCCCCCCCCCCCCCCCCCCCCCCCCCCCCCC(=O)NC(COC1OC(CO)C(OC2OC(CO)C(OC3OC(CO)C(O)C(O)C3O)C(O)C2O)C(O)C1O)C(O)/C=C/CCCCCCCCCCCCCCCCCCCCCCC. The van der Waals surface area contributed by atoms with Crippen LogP contribution in [0.4, 0.5) is 0 Å². The van der Waals surface area contributed by atoms with Gasteiger partial charge in [0.15, 0.2) is 18.9 Å². The molecule has 0 aromatic heterocycles. The molecule has 3 aliphatic heterocycles. The molecule has 109 heavy (non-hydrogen) atoms. The minimum atomic E-state index is -1.98. The number of rotatable bonds is 75. The number of hydrogen-bond acceptors (Lipinski definition) is 18. The molecule has 0 spiro atoms. The van der Waals surface area contributed by atoms with E-state index in [-0.39, 0.29) is 18.9 Å². The maximum absolute atomic E-state index is 13.5. The van der Waals surface area contributed by atoms with Crippen LogP contribution in [-0.4, -0.2) is 193 Å². The summed E-state index contributed by atoms with van der Waals surface area (Å²) in [5.74, 6) is -0.266. The minimum absolute atomic E-state index is 0.249. The number of aliphatic hydroxyl groups is 11. The molecule has 3 aliphatic rings. The van der Waals surface area contributed by atoms with Crippen molar-refractivity contribution < 1.29 is 89.4 Å². The molecule has 0 bridgehead atoms. The maximum Gasteiger partial charge on any atom is 0.220 e. The van der Waals surface area contributed by atoms with Gasteiger partial charge in [-0.1, -0.05) is 378 Å². The van der Waals surface area contributed by atoms with E-state index in [2.05, 4.69) is 43.5 Å². The number of hydrogen-bond donors (Lipinski definition) is 12. The smallest absolute Gasteiger partial charge is 0.220 e. The average molecular weight is 1550 g/mol. The van der Waals surface area contributed by atoms with Gasteiger partial charge in [0.05, 0.1) is 38.6 Å². The summed E-state index contributed by atoms with van der Waals surface area (Å²) in [4.78, 5) is 13.5. The Balaban J connectivity index is 1.28. The van der Waals surface area contributed by atoms with Gasteiger partial charge in [0.25, 0.3) is 0 Å². The van der Waals surface area contributed by atoms with E-state index < -0.39 is 124 Å². The molecule has 0 aliphatic carbocycles. The largest absolute Gasteiger partial charge is 0.394 e. The van der Waals surface area contributed by atoms with Gasteiger partial charge in [0.1, 0.15) is 73.2 Å². The predicted molar refractivity (Wildman–Crippen MR) is 439 cm³/mol. The third-order valence-corrected chi connectivity index (χ3v) is 22.9. The Morgan fingerprint density at radius 3 is 0.936 bits per heavy atom. The second-order valence-corrected chi connectivity index (χ2v) is 32.8. The van der Waals surface area contributed by atoms with Crippen molar-refractivity contribution in [2.45, 2.75) is 503 Å². The highest BCUT2D eigenvalue weighted by Crippen LogP contribution is 2.34. The van der Waals surface area contributed by atoms with Crippen LogP contribution < -0.4 is 5.32 Å². The van der Waals surface area contributed by atoms with Crippen LogP contribution in [0.5, 0.6) is 0 Å². The first-order valence-electron chi connectivity index (χ1n) is 45.7. The number of allylic oxidation sites excluding steroid dienone is 5. The Morgan fingerprint density at radius 2 is 0.606 bits per heavy atom. The third kappa shape index (κ3) is 49.0. The number of amides is 1. The van der Waals surface area contributed by atoms with Crippen LogP contribution in [0, 0.1) is 0 Å². The second-order valence-electron chi connectivity index (χ2n) is 32.8. The zero-order valence-corrected chi connectivity index (χ0v) is 69.3. The lowest BCUT2D eigenvalue weighted by Gasteiger charge is -2.48. The van der Waals surface area contributed by atoms with Gasteiger partial charge in [0.2, 0.25) is 5.91 Å². The zero-order valence-electron chi connectivity index (χ0n) is 69.3. The lowest BCUT2D eigenvalue weighted by atomic mass is 9.96. The fraction of sp³-hybridized carbons (Fsp3) is 0.922. The molecule has 3 fully saturated rings. The molecule has 0 aromatic rings. The summed E-state index contributed by atoms with van der Waals surface area (Å²) in [6, 6.07) is -0.972. The highest BCUT2D eigenvalue weighted by molar-refractivity contribution is 5.76. The van der Waals surface area contributed by atoms with Crippen molar-refractivity contribution in [2.75, 3.05) is 26.4 Å². The van der Waals surface area contributed by atoms with Crippen LogP contribution in [-0.2, 0) is 33.2 Å². The van der Waals surface area contributed by atoms with Gasteiger partial charge in [0, 0.05) is 6.42 Å². The minimum Gasteiger partial charge on any atom is -0.394 e. The highest BCUT2D eigenvalue weighted by atomic mass is 16.8. The van der Waals surface area contributed by atoms with E-state index in [1.54, 1.807) is 6.08 Å². The topological polar surface area (TPSA) is 307 Å². The Morgan fingerprint density at radius 1 is 0.330 bits per heavy atom. The highest BCUT2D eigenvalue weighted by Gasteiger charge is 2.54. The Hall–Kier alpha value is -1.99. The molecule has 0 radical (unpaired) electrons. The average Bonchev–Trinajstić information content (AvgIpc) is 0.760. The number of carbonyl (C=O) groups is 1. The van der Waals surface area contributed by atoms with Gasteiger partial charge in [-0.15, -0.1) is 0 Å². The van der Waals surface area contributed by atoms with Gasteiger partial charge >= 0.3 is 0 Å². The number of carbonyl (C=O) groups excluding carboxylic acids is 1. The molecular formula is C90H169NO18. The lowest BCUT2D eigenvalue weighted by Crippen LogP contribution is -2.66. The summed E-state index contributed by atoms with van der Waals surface area (Å²) in [7, 11) is 0. The van der Waals surface area contributed by atoms with Crippen molar-refractivity contribution in [3.63, 3.8) is 0 Å². The quantitative estimate of drug-likeness (QED) is 0.0199. The number of unbranched alkanes of at least 4 members (excludes halogenated alkanes) is 55. The summed E-state index contributed by atoms with van der Waals surface area (Å²) >= 11 is 0. The van der Waals surface area contributed by atoms with Crippen LogP contribution in [0.3, 0.4) is 0 Å². The first-order chi connectivity index (χ1) is 53.3. The van der Waals surface area contributed by atoms with Gasteiger partial charge < -0.3 is 89.9 Å². The van der Waals surface area contributed by atoms with E-state index >= 15 is 0 Å². The van der Waals surface area contributed by atoms with Crippen molar-refractivity contribution in [3.05, 3.63) is 36.5 Å². The molecular weight excluding hydrogens is 1380 g/mol. The normalized spacial score (nSPS) is 25.4. The molecule has 0 saturated carbocycles. The third-order valence-electron chi connectivity index (χ3n) is 22.9. The Kier molecular flexibility index (Phi) is 65.2. The molecule has 3 rings (SSSR count). The van der Waals surface area contributed by atoms with Crippen molar-refractivity contribution >= 4 is 5.91 Å². The van der Waals surface area contributed by atoms with E-state index in [9.17, 15) is 61.0 Å². The molecule has 3 saturated heterocycles. The summed E-state index contributed by atoms with van der Waals surface area (Å²) in [6.07, 6.45) is 63.1. The lowest BCUT2D eigenvalue weighted by molar-refractivity contribution is -0.379.